The Kier molecular flexibility index (Phi) is 4.93. The molecule has 2 N–H and O–H groups in total. The third-order valence-corrected chi connectivity index (χ3v) is 1.98. The molecule has 0 aliphatic carbocycles. The van der Waals surface area contributed by atoms with Crippen molar-refractivity contribution in [3.8, 4) is 5.75 Å². The summed E-state index contributed by atoms with van der Waals surface area (Å²) in [5.74, 6) is 1.69. The molecule has 0 aliphatic rings. The van der Waals surface area contributed by atoms with E-state index in [9.17, 15) is 0 Å². The van der Waals surface area contributed by atoms with Gasteiger partial charge in [0.05, 0.1) is 6.04 Å². The highest BCUT2D eigenvalue weighted by Crippen LogP contribution is 2.11. The fourth-order valence-corrected chi connectivity index (χ4v) is 1.18. The zero-order chi connectivity index (χ0) is 11.4. The van der Waals surface area contributed by atoms with Crippen molar-refractivity contribution in [1.29, 1.82) is 0 Å². The molecule has 0 bridgehead atoms. The quantitative estimate of drug-likeness (QED) is 0.906. The van der Waals surface area contributed by atoms with Crippen molar-refractivity contribution >= 4 is 12.4 Å². The van der Waals surface area contributed by atoms with Gasteiger partial charge in [-0.3, -0.25) is 0 Å². The number of hydrogen-bond acceptors (Lipinski definition) is 5. The largest absolute Gasteiger partial charge is 0.485 e. The van der Waals surface area contributed by atoms with Gasteiger partial charge in [-0.05, 0) is 19.1 Å². The number of hydrogen-bond donors (Lipinski definition) is 1. The van der Waals surface area contributed by atoms with Gasteiger partial charge in [0.2, 0.25) is 11.7 Å². The van der Waals surface area contributed by atoms with Crippen LogP contribution in [0.4, 0.5) is 0 Å². The van der Waals surface area contributed by atoms with Gasteiger partial charge < -0.3 is 15.0 Å². The molecule has 0 saturated carbocycles. The minimum absolute atomic E-state index is 0. The molecule has 1 heterocycles. The summed E-state index contributed by atoms with van der Waals surface area (Å²) in [5.41, 5.74) is 5.60. The van der Waals surface area contributed by atoms with Crippen LogP contribution in [0.25, 0.3) is 0 Å². The summed E-state index contributed by atoms with van der Waals surface area (Å²) in [7, 11) is 0. The van der Waals surface area contributed by atoms with Crippen LogP contribution in [0.2, 0.25) is 0 Å². The highest BCUT2D eigenvalue weighted by atomic mass is 35.5. The Morgan fingerprint density at radius 2 is 2.06 bits per heavy atom. The molecule has 6 heteroatoms. The summed E-state index contributed by atoms with van der Waals surface area (Å²) in [4.78, 5) is 4.10. The highest BCUT2D eigenvalue weighted by Gasteiger charge is 2.10. The molecule has 17 heavy (non-hydrogen) atoms. The summed E-state index contributed by atoms with van der Waals surface area (Å²) < 4.78 is 10.4. The van der Waals surface area contributed by atoms with Crippen LogP contribution in [-0.4, -0.2) is 10.1 Å². The lowest BCUT2D eigenvalue weighted by molar-refractivity contribution is 0.284. The van der Waals surface area contributed by atoms with E-state index in [0.717, 1.165) is 5.75 Å². The number of rotatable bonds is 4. The second-order valence-corrected chi connectivity index (χ2v) is 3.44. The molecule has 1 unspecified atom stereocenters. The van der Waals surface area contributed by atoms with Crippen LogP contribution in [0.5, 0.6) is 5.75 Å². The highest BCUT2D eigenvalue weighted by molar-refractivity contribution is 5.85. The number of ether oxygens (including phenoxy) is 1. The van der Waals surface area contributed by atoms with Gasteiger partial charge in [0.25, 0.3) is 0 Å². The average molecular weight is 256 g/mol. The van der Waals surface area contributed by atoms with Crippen molar-refractivity contribution < 1.29 is 9.26 Å². The van der Waals surface area contributed by atoms with Crippen molar-refractivity contribution in [2.45, 2.75) is 19.6 Å². The first-order valence-electron chi connectivity index (χ1n) is 5.01. The summed E-state index contributed by atoms with van der Waals surface area (Å²) in [6, 6.07) is 9.21. The van der Waals surface area contributed by atoms with Crippen LogP contribution in [0.3, 0.4) is 0 Å². The van der Waals surface area contributed by atoms with Crippen LogP contribution in [0, 0.1) is 0 Å². The summed E-state index contributed by atoms with van der Waals surface area (Å²) >= 11 is 0. The van der Waals surface area contributed by atoms with Crippen LogP contribution in [0.15, 0.2) is 34.9 Å². The number of aromatic nitrogens is 2. The first-order valence-corrected chi connectivity index (χ1v) is 5.01. The molecule has 5 nitrogen and oxygen atoms in total. The normalized spacial score (nSPS) is 11.6. The second kappa shape index (κ2) is 6.22. The van der Waals surface area contributed by atoms with Crippen LogP contribution >= 0.6 is 12.4 Å². The zero-order valence-electron chi connectivity index (χ0n) is 9.37. The van der Waals surface area contributed by atoms with Gasteiger partial charge in [-0.2, -0.15) is 4.98 Å². The maximum Gasteiger partial charge on any atom is 0.243 e. The minimum atomic E-state index is -0.252. The molecule has 0 radical (unpaired) electrons. The third-order valence-electron chi connectivity index (χ3n) is 1.98. The van der Waals surface area contributed by atoms with Crippen LogP contribution < -0.4 is 10.5 Å². The molecule has 0 spiro atoms. The topological polar surface area (TPSA) is 74.2 Å². The fraction of sp³-hybridized carbons (Fsp3) is 0.273. The number of halogens is 1. The molecule has 0 amide bonds. The van der Waals surface area contributed by atoms with Gasteiger partial charge in [-0.1, -0.05) is 23.4 Å². The second-order valence-electron chi connectivity index (χ2n) is 3.44. The lowest BCUT2D eigenvalue weighted by atomic mass is 10.3. The molecular formula is C11H14ClN3O2. The minimum Gasteiger partial charge on any atom is -0.485 e. The SMILES string of the molecule is CC(N)c1nc(COc2ccccc2)no1.Cl. The summed E-state index contributed by atoms with van der Waals surface area (Å²) in [5, 5.41) is 3.76. The van der Waals surface area contributed by atoms with Gasteiger partial charge in [0.15, 0.2) is 6.61 Å². The Morgan fingerprint density at radius 3 is 2.65 bits per heavy atom. The molecule has 2 rings (SSSR count). The van der Waals surface area contributed by atoms with Gasteiger partial charge in [-0.25, -0.2) is 0 Å². The molecule has 1 atom stereocenters. The lowest BCUT2D eigenvalue weighted by Gasteiger charge is -2.01. The van der Waals surface area contributed by atoms with Crippen molar-refractivity contribution in [2.75, 3.05) is 0 Å². The lowest BCUT2D eigenvalue weighted by Crippen LogP contribution is -2.05. The zero-order valence-corrected chi connectivity index (χ0v) is 10.2. The Morgan fingerprint density at radius 1 is 1.35 bits per heavy atom. The van der Waals surface area contributed by atoms with Gasteiger partial charge >= 0.3 is 0 Å². The Balaban J connectivity index is 0.00000144. The van der Waals surface area contributed by atoms with Gasteiger partial charge in [0, 0.05) is 0 Å². The predicted octanol–water partition coefficient (Wildman–Crippen LogP) is 2.09. The van der Waals surface area contributed by atoms with Gasteiger partial charge in [0.1, 0.15) is 5.75 Å². The van der Waals surface area contributed by atoms with E-state index in [1.807, 2.05) is 30.3 Å². The number of benzene rings is 1. The maximum absolute atomic E-state index is 5.60. The maximum atomic E-state index is 5.60. The molecule has 1 aromatic heterocycles. The first kappa shape index (κ1) is 13.5. The van der Waals surface area contributed by atoms with E-state index >= 15 is 0 Å². The number of nitrogens with two attached hydrogens (primary N) is 1. The predicted molar refractivity (Wildman–Crippen MR) is 64.9 cm³/mol. The molecular weight excluding hydrogens is 242 g/mol. The van der Waals surface area contributed by atoms with E-state index in [2.05, 4.69) is 10.1 Å². The Hall–Kier alpha value is -1.59. The Labute approximate surface area is 105 Å². The van der Waals surface area contributed by atoms with Crippen molar-refractivity contribution in [2.24, 2.45) is 5.73 Å². The standard InChI is InChI=1S/C11H13N3O2.ClH/c1-8(12)11-13-10(14-16-11)7-15-9-5-3-2-4-6-9;/h2-6,8H,7,12H2,1H3;1H. The molecule has 2 aromatic rings. The van der Waals surface area contributed by atoms with E-state index in [-0.39, 0.29) is 25.1 Å². The van der Waals surface area contributed by atoms with E-state index in [1.165, 1.54) is 0 Å². The first-order chi connectivity index (χ1) is 7.75. The average Bonchev–Trinajstić information content (AvgIpc) is 2.76. The van der Waals surface area contributed by atoms with Crippen LogP contribution in [0.1, 0.15) is 24.7 Å². The molecule has 0 aliphatic heterocycles. The summed E-state index contributed by atoms with van der Waals surface area (Å²) in [6.07, 6.45) is 0. The number of para-hydroxylation sites is 1. The van der Waals surface area contributed by atoms with Crippen LogP contribution in [-0.2, 0) is 6.61 Å². The molecule has 0 saturated heterocycles. The molecule has 1 aromatic carbocycles. The third kappa shape index (κ3) is 3.72. The van der Waals surface area contributed by atoms with Crippen molar-refractivity contribution in [3.63, 3.8) is 0 Å². The van der Waals surface area contributed by atoms with Gasteiger partial charge in [-0.15, -0.1) is 12.4 Å². The Bertz CT molecular complexity index is 445. The summed E-state index contributed by atoms with van der Waals surface area (Å²) in [6.45, 7) is 2.07. The number of nitrogens with zero attached hydrogens (tertiary/aromatic N) is 2. The smallest absolute Gasteiger partial charge is 0.243 e. The molecule has 0 fully saturated rings. The van der Waals surface area contributed by atoms with Crippen molar-refractivity contribution in [3.05, 3.63) is 42.0 Å². The van der Waals surface area contributed by atoms with Crippen molar-refractivity contribution in [1.82, 2.24) is 10.1 Å². The monoisotopic (exact) mass is 255 g/mol. The van der Waals surface area contributed by atoms with E-state index < -0.39 is 0 Å². The molecule has 92 valence electrons. The van der Waals surface area contributed by atoms with E-state index in [1.54, 1.807) is 6.92 Å². The fourth-order valence-electron chi connectivity index (χ4n) is 1.18. The van der Waals surface area contributed by atoms with E-state index in [4.69, 9.17) is 15.0 Å². The van der Waals surface area contributed by atoms with E-state index in [0.29, 0.717) is 11.7 Å².